The van der Waals surface area contributed by atoms with Gasteiger partial charge in [-0.05, 0) is 47.2 Å². The van der Waals surface area contributed by atoms with Gasteiger partial charge < -0.3 is 5.73 Å². The molecule has 2 aromatic rings. The van der Waals surface area contributed by atoms with Crippen LogP contribution in [0.25, 0.3) is 0 Å². The van der Waals surface area contributed by atoms with Gasteiger partial charge in [0.2, 0.25) is 0 Å². The van der Waals surface area contributed by atoms with E-state index in [-0.39, 0.29) is 6.04 Å². The van der Waals surface area contributed by atoms with Gasteiger partial charge in [0.1, 0.15) is 0 Å². The topological polar surface area (TPSA) is 26.0 Å². The van der Waals surface area contributed by atoms with Crippen LogP contribution in [0, 0.1) is 0 Å². The van der Waals surface area contributed by atoms with Crippen LogP contribution in [-0.2, 0) is 12.8 Å². The van der Waals surface area contributed by atoms with Crippen LogP contribution in [0.15, 0.2) is 42.5 Å². The van der Waals surface area contributed by atoms with Crippen LogP contribution in [0.5, 0.6) is 0 Å². The maximum Gasteiger partial charge on any atom is 0.0557 e. The lowest BCUT2D eigenvalue weighted by Gasteiger charge is -2.15. The van der Waals surface area contributed by atoms with Crippen molar-refractivity contribution >= 4 is 11.6 Å². The number of nitrogens with two attached hydrogens (primary N) is 1. The number of hydrogen-bond donors (Lipinski definition) is 1. The van der Waals surface area contributed by atoms with Gasteiger partial charge in [0.05, 0.1) is 6.04 Å². The first kappa shape index (κ1) is 10.8. The summed E-state index contributed by atoms with van der Waals surface area (Å²) in [6.07, 6.45) is 2.09. The van der Waals surface area contributed by atoms with Gasteiger partial charge in [-0.3, -0.25) is 0 Å². The summed E-state index contributed by atoms with van der Waals surface area (Å²) >= 11 is 6.07. The van der Waals surface area contributed by atoms with E-state index in [4.69, 9.17) is 17.3 Å². The summed E-state index contributed by atoms with van der Waals surface area (Å²) in [5.41, 5.74) is 11.4. The molecule has 0 aliphatic heterocycles. The van der Waals surface area contributed by atoms with Gasteiger partial charge in [0.25, 0.3) is 0 Å². The maximum atomic E-state index is 6.37. The average Bonchev–Trinajstić information content (AvgIpc) is 2.49. The highest BCUT2D eigenvalue weighted by molar-refractivity contribution is 6.30. The third-order valence-corrected chi connectivity index (χ3v) is 3.73. The third kappa shape index (κ3) is 1.86. The van der Waals surface area contributed by atoms with Crippen LogP contribution < -0.4 is 5.73 Å². The Bertz CT molecular complexity index is 563. The minimum Gasteiger partial charge on any atom is -0.320 e. The molecular weight excluding hydrogens is 230 g/mol. The zero-order valence-electron chi connectivity index (χ0n) is 9.49. The summed E-state index contributed by atoms with van der Waals surface area (Å²) in [5.74, 6) is 0. The molecule has 0 aromatic heterocycles. The maximum absolute atomic E-state index is 6.37. The van der Waals surface area contributed by atoms with Crippen molar-refractivity contribution in [1.82, 2.24) is 0 Å². The van der Waals surface area contributed by atoms with E-state index in [0.29, 0.717) is 0 Å². The lowest BCUT2D eigenvalue weighted by atomic mass is 9.96. The van der Waals surface area contributed by atoms with Crippen molar-refractivity contribution in [3.8, 4) is 0 Å². The van der Waals surface area contributed by atoms with Crippen molar-refractivity contribution in [2.24, 2.45) is 5.73 Å². The Morgan fingerprint density at radius 3 is 2.47 bits per heavy atom. The molecule has 0 radical (unpaired) electrons. The second kappa shape index (κ2) is 4.17. The van der Waals surface area contributed by atoms with Crippen LogP contribution in [0.1, 0.15) is 28.3 Å². The Morgan fingerprint density at radius 1 is 0.941 bits per heavy atom. The zero-order valence-corrected chi connectivity index (χ0v) is 10.2. The normalized spacial score (nSPS) is 18.1. The van der Waals surface area contributed by atoms with Gasteiger partial charge in [-0.2, -0.15) is 0 Å². The van der Waals surface area contributed by atoms with Crippen molar-refractivity contribution in [2.75, 3.05) is 0 Å². The fourth-order valence-corrected chi connectivity index (χ4v) is 2.77. The number of halogens is 1. The molecule has 0 amide bonds. The molecule has 0 spiro atoms. The van der Waals surface area contributed by atoms with E-state index in [1.807, 2.05) is 18.2 Å². The molecule has 0 unspecified atom stereocenters. The summed E-state index contributed by atoms with van der Waals surface area (Å²) in [7, 11) is 0. The summed E-state index contributed by atoms with van der Waals surface area (Å²) < 4.78 is 0. The summed E-state index contributed by atoms with van der Waals surface area (Å²) in [6.45, 7) is 0. The molecule has 2 aromatic carbocycles. The second-order valence-electron chi connectivity index (χ2n) is 4.52. The molecule has 3 rings (SSSR count). The third-order valence-electron chi connectivity index (χ3n) is 3.50. The first-order valence-corrected chi connectivity index (χ1v) is 6.25. The Balaban J connectivity index is 2.18. The van der Waals surface area contributed by atoms with Gasteiger partial charge in [0.15, 0.2) is 0 Å². The monoisotopic (exact) mass is 243 g/mol. The van der Waals surface area contributed by atoms with Crippen LogP contribution in [0.2, 0.25) is 5.02 Å². The number of hydrogen-bond acceptors (Lipinski definition) is 1. The van der Waals surface area contributed by atoms with Crippen molar-refractivity contribution < 1.29 is 0 Å². The first-order chi connectivity index (χ1) is 8.25. The quantitative estimate of drug-likeness (QED) is 0.753. The molecule has 0 heterocycles. The fourth-order valence-electron chi connectivity index (χ4n) is 2.59. The zero-order chi connectivity index (χ0) is 11.8. The minimum absolute atomic E-state index is 0.0533. The van der Waals surface area contributed by atoms with Crippen LogP contribution >= 0.6 is 11.6 Å². The molecule has 1 atom stereocenters. The van der Waals surface area contributed by atoms with Gasteiger partial charge in [0, 0.05) is 5.02 Å². The fraction of sp³-hybridized carbons (Fsp3) is 0.200. The van der Waals surface area contributed by atoms with Gasteiger partial charge in [-0.25, -0.2) is 0 Å². The predicted octanol–water partition coefficient (Wildman–Crippen LogP) is 3.49. The van der Waals surface area contributed by atoms with Gasteiger partial charge in [-0.1, -0.05) is 41.9 Å². The summed E-state index contributed by atoms with van der Waals surface area (Å²) in [4.78, 5) is 0. The number of fused-ring (bicyclic) bond motifs is 2. The van der Waals surface area contributed by atoms with E-state index < -0.39 is 0 Å². The lowest BCUT2D eigenvalue weighted by Crippen LogP contribution is -2.13. The highest BCUT2D eigenvalue weighted by Gasteiger charge is 2.20. The second-order valence-corrected chi connectivity index (χ2v) is 4.96. The van der Waals surface area contributed by atoms with E-state index in [9.17, 15) is 0 Å². The van der Waals surface area contributed by atoms with Crippen molar-refractivity contribution in [2.45, 2.75) is 18.9 Å². The molecule has 2 heteroatoms. The Morgan fingerprint density at radius 2 is 1.65 bits per heavy atom. The summed E-state index contributed by atoms with van der Waals surface area (Å²) in [6, 6.07) is 14.4. The van der Waals surface area contributed by atoms with E-state index in [0.717, 1.165) is 17.9 Å². The highest BCUT2D eigenvalue weighted by Crippen LogP contribution is 2.32. The SMILES string of the molecule is N[C@H]1c2ccccc2CCc2ccc(Cl)cc21. The molecule has 0 fully saturated rings. The first-order valence-electron chi connectivity index (χ1n) is 5.87. The molecule has 1 aliphatic carbocycles. The molecule has 0 bridgehead atoms. The van der Waals surface area contributed by atoms with Crippen LogP contribution in [-0.4, -0.2) is 0 Å². The van der Waals surface area contributed by atoms with Crippen LogP contribution in [0.3, 0.4) is 0 Å². The molecule has 2 N–H and O–H groups in total. The summed E-state index contributed by atoms with van der Waals surface area (Å²) in [5, 5.41) is 0.763. The number of aryl methyl sites for hydroxylation is 2. The number of rotatable bonds is 0. The molecule has 0 saturated carbocycles. The molecule has 1 aliphatic rings. The Labute approximate surface area is 106 Å². The van der Waals surface area contributed by atoms with E-state index in [1.54, 1.807) is 0 Å². The Kier molecular flexibility index (Phi) is 2.65. The lowest BCUT2D eigenvalue weighted by molar-refractivity contribution is 0.863. The van der Waals surface area contributed by atoms with Gasteiger partial charge in [-0.15, -0.1) is 0 Å². The van der Waals surface area contributed by atoms with E-state index >= 15 is 0 Å². The highest BCUT2D eigenvalue weighted by atomic mass is 35.5. The largest absolute Gasteiger partial charge is 0.320 e. The molecule has 1 nitrogen and oxygen atoms in total. The molecule has 86 valence electrons. The van der Waals surface area contributed by atoms with Gasteiger partial charge >= 0.3 is 0 Å². The van der Waals surface area contributed by atoms with E-state index in [2.05, 4.69) is 24.3 Å². The van der Waals surface area contributed by atoms with Crippen molar-refractivity contribution in [1.29, 1.82) is 0 Å². The smallest absolute Gasteiger partial charge is 0.0557 e. The molecule has 0 saturated heterocycles. The van der Waals surface area contributed by atoms with E-state index in [1.165, 1.54) is 22.3 Å². The van der Waals surface area contributed by atoms with Crippen molar-refractivity contribution in [3.05, 3.63) is 69.7 Å². The minimum atomic E-state index is -0.0533. The average molecular weight is 244 g/mol. The molecule has 17 heavy (non-hydrogen) atoms. The van der Waals surface area contributed by atoms with Crippen molar-refractivity contribution in [3.63, 3.8) is 0 Å². The standard InChI is InChI=1S/C15H14ClN/c16-12-8-7-11-6-5-10-3-1-2-4-13(10)15(17)14(11)9-12/h1-4,7-9,15H,5-6,17H2/t15-/m0/s1. The predicted molar refractivity (Wildman–Crippen MR) is 71.3 cm³/mol. The number of benzene rings is 2. The van der Waals surface area contributed by atoms with Crippen LogP contribution in [0.4, 0.5) is 0 Å². The Hall–Kier alpha value is -1.31. The molecular formula is C15H14ClN.